The van der Waals surface area contributed by atoms with Gasteiger partial charge < -0.3 is 14.6 Å². The van der Waals surface area contributed by atoms with Gasteiger partial charge in [-0.05, 0) is 23.8 Å². The lowest BCUT2D eigenvalue weighted by molar-refractivity contribution is -0.134. The smallest absolute Gasteiger partial charge is 0.0717 e. The Kier molecular flexibility index (Phi) is 5.19. The summed E-state index contributed by atoms with van der Waals surface area (Å²) in [6.07, 6.45) is 1.53. The van der Waals surface area contributed by atoms with Crippen LogP contribution in [0.3, 0.4) is 0 Å². The van der Waals surface area contributed by atoms with E-state index in [1.165, 1.54) is 0 Å². The number of hydrogen-bond donors (Lipinski definition) is 1. The largest absolute Gasteiger partial charge is 0.393 e. The Labute approximate surface area is 121 Å². The van der Waals surface area contributed by atoms with E-state index in [9.17, 15) is 5.11 Å². The molecule has 1 aromatic rings. The van der Waals surface area contributed by atoms with E-state index in [0.29, 0.717) is 13.2 Å². The van der Waals surface area contributed by atoms with E-state index in [4.69, 9.17) is 9.47 Å². The topological polar surface area (TPSA) is 38.7 Å². The molecule has 0 radical (unpaired) electrons. The van der Waals surface area contributed by atoms with Crippen molar-refractivity contribution in [3.05, 3.63) is 35.9 Å². The van der Waals surface area contributed by atoms with Gasteiger partial charge in [0.2, 0.25) is 0 Å². The van der Waals surface area contributed by atoms with Crippen LogP contribution in [0.5, 0.6) is 0 Å². The van der Waals surface area contributed by atoms with E-state index in [1.807, 2.05) is 18.2 Å². The fourth-order valence-electron chi connectivity index (χ4n) is 3.24. The zero-order valence-electron chi connectivity index (χ0n) is 12.7. The Bertz CT molecular complexity index is 402. The Hall–Kier alpha value is -0.900. The first-order chi connectivity index (χ1) is 9.54. The molecule has 1 aliphatic carbocycles. The summed E-state index contributed by atoms with van der Waals surface area (Å²) < 4.78 is 11.5. The summed E-state index contributed by atoms with van der Waals surface area (Å²) in [7, 11) is 1.73. The standard InChI is InChI=1S/C17H26O3/c1-17(2)10-9-15(18)14(16(17)19-3)12-20-11-13-7-5-4-6-8-13/h4-8,14-16,18H,9-12H2,1-3H3/t14?,15-,16+/m0/s1. The fourth-order valence-corrected chi connectivity index (χ4v) is 3.24. The van der Waals surface area contributed by atoms with Crippen LogP contribution in [0.4, 0.5) is 0 Å². The van der Waals surface area contributed by atoms with Crippen LogP contribution in [0.1, 0.15) is 32.3 Å². The van der Waals surface area contributed by atoms with Crippen molar-refractivity contribution in [2.24, 2.45) is 11.3 Å². The van der Waals surface area contributed by atoms with E-state index in [-0.39, 0.29) is 23.5 Å². The normalized spacial score (nSPS) is 29.3. The predicted molar refractivity (Wildman–Crippen MR) is 79.4 cm³/mol. The van der Waals surface area contributed by atoms with Gasteiger partial charge in [-0.3, -0.25) is 0 Å². The lowest BCUT2D eigenvalue weighted by Crippen LogP contribution is -2.49. The van der Waals surface area contributed by atoms with E-state index in [2.05, 4.69) is 26.0 Å². The number of methoxy groups -OCH3 is 1. The third-order valence-electron chi connectivity index (χ3n) is 4.41. The molecule has 2 rings (SSSR count). The maximum absolute atomic E-state index is 10.2. The average molecular weight is 278 g/mol. The molecular formula is C17H26O3. The summed E-state index contributed by atoms with van der Waals surface area (Å²) in [6, 6.07) is 10.1. The second-order valence-electron chi connectivity index (χ2n) is 6.42. The summed E-state index contributed by atoms with van der Waals surface area (Å²) in [4.78, 5) is 0. The van der Waals surface area contributed by atoms with Gasteiger partial charge in [0.1, 0.15) is 0 Å². The molecule has 20 heavy (non-hydrogen) atoms. The molecule has 3 atom stereocenters. The van der Waals surface area contributed by atoms with Gasteiger partial charge in [0.15, 0.2) is 0 Å². The van der Waals surface area contributed by atoms with E-state index in [1.54, 1.807) is 7.11 Å². The number of ether oxygens (including phenoxy) is 2. The van der Waals surface area contributed by atoms with Crippen molar-refractivity contribution in [1.82, 2.24) is 0 Å². The van der Waals surface area contributed by atoms with Gasteiger partial charge in [0.05, 0.1) is 25.4 Å². The SMILES string of the molecule is CO[C@@H]1C(COCc2ccccc2)[C@@H](O)CCC1(C)C. The minimum Gasteiger partial charge on any atom is -0.393 e. The molecule has 3 heteroatoms. The van der Waals surface area contributed by atoms with Crippen LogP contribution in [0.2, 0.25) is 0 Å². The van der Waals surface area contributed by atoms with Crippen molar-refractivity contribution in [3.8, 4) is 0 Å². The zero-order chi connectivity index (χ0) is 14.6. The monoisotopic (exact) mass is 278 g/mol. The van der Waals surface area contributed by atoms with Crippen molar-refractivity contribution in [1.29, 1.82) is 0 Å². The van der Waals surface area contributed by atoms with Crippen molar-refractivity contribution < 1.29 is 14.6 Å². The van der Waals surface area contributed by atoms with Crippen LogP contribution in [0.25, 0.3) is 0 Å². The highest BCUT2D eigenvalue weighted by molar-refractivity contribution is 5.13. The average Bonchev–Trinajstić information content (AvgIpc) is 2.44. The fraction of sp³-hybridized carbons (Fsp3) is 0.647. The van der Waals surface area contributed by atoms with Gasteiger partial charge in [0.25, 0.3) is 0 Å². The van der Waals surface area contributed by atoms with Gasteiger partial charge in [-0.15, -0.1) is 0 Å². The van der Waals surface area contributed by atoms with Gasteiger partial charge in [-0.25, -0.2) is 0 Å². The van der Waals surface area contributed by atoms with Crippen LogP contribution in [-0.2, 0) is 16.1 Å². The summed E-state index contributed by atoms with van der Waals surface area (Å²) in [6.45, 7) is 5.54. The van der Waals surface area contributed by atoms with E-state index >= 15 is 0 Å². The van der Waals surface area contributed by atoms with Gasteiger partial charge in [-0.2, -0.15) is 0 Å². The Morgan fingerprint density at radius 3 is 2.60 bits per heavy atom. The number of benzene rings is 1. The second-order valence-corrected chi connectivity index (χ2v) is 6.42. The van der Waals surface area contributed by atoms with Crippen molar-refractivity contribution >= 4 is 0 Å². The number of aliphatic hydroxyl groups is 1. The summed E-state index contributed by atoms with van der Waals surface area (Å²) in [5.41, 5.74) is 1.25. The molecule has 1 saturated carbocycles. The number of hydrogen-bond acceptors (Lipinski definition) is 3. The van der Waals surface area contributed by atoms with Crippen LogP contribution in [0.15, 0.2) is 30.3 Å². The summed E-state index contributed by atoms with van der Waals surface area (Å²) in [5.74, 6) is 0.0486. The van der Waals surface area contributed by atoms with Crippen LogP contribution < -0.4 is 0 Å². The molecule has 0 amide bonds. The predicted octanol–water partition coefficient (Wildman–Crippen LogP) is 3.02. The Balaban J connectivity index is 1.92. The highest BCUT2D eigenvalue weighted by Crippen LogP contribution is 2.41. The second kappa shape index (κ2) is 6.70. The lowest BCUT2D eigenvalue weighted by Gasteiger charge is -2.45. The first kappa shape index (κ1) is 15.5. The van der Waals surface area contributed by atoms with Gasteiger partial charge >= 0.3 is 0 Å². The molecule has 1 unspecified atom stereocenters. The van der Waals surface area contributed by atoms with Crippen molar-refractivity contribution in [2.45, 2.75) is 45.5 Å². The molecule has 0 spiro atoms. The first-order valence-corrected chi connectivity index (χ1v) is 7.37. The Morgan fingerprint density at radius 1 is 1.25 bits per heavy atom. The molecule has 1 fully saturated rings. The van der Waals surface area contributed by atoms with E-state index in [0.717, 1.165) is 18.4 Å². The minimum atomic E-state index is -0.330. The highest BCUT2D eigenvalue weighted by atomic mass is 16.5. The molecule has 0 aromatic heterocycles. The molecule has 1 aromatic carbocycles. The van der Waals surface area contributed by atoms with Gasteiger partial charge in [-0.1, -0.05) is 44.2 Å². The zero-order valence-corrected chi connectivity index (χ0v) is 12.7. The molecule has 1 aliphatic rings. The van der Waals surface area contributed by atoms with Crippen LogP contribution in [-0.4, -0.2) is 31.0 Å². The highest BCUT2D eigenvalue weighted by Gasteiger charge is 2.43. The third kappa shape index (κ3) is 3.60. The summed E-state index contributed by atoms with van der Waals surface area (Å²) in [5, 5.41) is 10.2. The maximum atomic E-state index is 10.2. The first-order valence-electron chi connectivity index (χ1n) is 7.37. The molecule has 1 N–H and O–H groups in total. The molecule has 0 aliphatic heterocycles. The molecule has 0 heterocycles. The molecule has 0 bridgehead atoms. The third-order valence-corrected chi connectivity index (χ3v) is 4.41. The minimum absolute atomic E-state index is 0.0435. The number of rotatable bonds is 5. The van der Waals surface area contributed by atoms with Gasteiger partial charge in [0, 0.05) is 13.0 Å². The van der Waals surface area contributed by atoms with E-state index < -0.39 is 0 Å². The van der Waals surface area contributed by atoms with Crippen molar-refractivity contribution in [3.63, 3.8) is 0 Å². The van der Waals surface area contributed by atoms with Crippen molar-refractivity contribution in [2.75, 3.05) is 13.7 Å². The summed E-state index contributed by atoms with van der Waals surface area (Å²) >= 11 is 0. The lowest BCUT2D eigenvalue weighted by atomic mass is 9.68. The Morgan fingerprint density at radius 2 is 1.95 bits per heavy atom. The maximum Gasteiger partial charge on any atom is 0.0717 e. The molecule has 112 valence electrons. The van der Waals surface area contributed by atoms with Crippen LogP contribution in [0, 0.1) is 11.3 Å². The quantitative estimate of drug-likeness (QED) is 0.900. The molecule has 3 nitrogen and oxygen atoms in total. The van der Waals surface area contributed by atoms with Crippen LogP contribution >= 0.6 is 0 Å². The molecule has 0 saturated heterocycles. The molecular weight excluding hydrogens is 252 g/mol. The number of aliphatic hydroxyl groups excluding tert-OH is 1.